The Morgan fingerprint density at radius 2 is 1.53 bits per heavy atom. The van der Waals surface area contributed by atoms with Gasteiger partial charge in [-0.15, -0.1) is 0 Å². The predicted molar refractivity (Wildman–Crippen MR) is 46.7 cm³/mol. The van der Waals surface area contributed by atoms with Gasteiger partial charge in [-0.3, -0.25) is 9.59 Å². The van der Waals surface area contributed by atoms with E-state index in [1.54, 1.807) is 0 Å². The first kappa shape index (κ1) is 12.0. The molecule has 0 radical (unpaired) electrons. The fraction of sp³-hybridized carbons (Fsp3) is 0. The van der Waals surface area contributed by atoms with Crippen LogP contribution in [-0.2, 0) is 0 Å². The highest BCUT2D eigenvalue weighted by Gasteiger charge is 2.25. The largest absolute Gasteiger partial charge is 0.276 e. The van der Waals surface area contributed by atoms with Gasteiger partial charge in [0.2, 0.25) is 0 Å². The van der Waals surface area contributed by atoms with Crippen molar-refractivity contribution in [2.75, 3.05) is 0 Å². The topological polar surface area (TPSA) is 34.1 Å². The van der Waals surface area contributed by atoms with Crippen LogP contribution >= 0.6 is 23.2 Å². The van der Waals surface area contributed by atoms with Crippen LogP contribution in [0.3, 0.4) is 0 Å². The van der Waals surface area contributed by atoms with E-state index in [-0.39, 0.29) is 0 Å². The summed E-state index contributed by atoms with van der Waals surface area (Å²) in [5.41, 5.74) is -1.89. The average molecular weight is 257 g/mol. The molecule has 80 valence electrons. The maximum absolute atomic E-state index is 13.0. The number of rotatable bonds is 2. The van der Waals surface area contributed by atoms with E-state index in [9.17, 15) is 22.8 Å². The van der Waals surface area contributed by atoms with Crippen molar-refractivity contribution in [3.05, 3.63) is 34.6 Å². The van der Waals surface area contributed by atoms with Crippen molar-refractivity contribution < 1.29 is 22.8 Å². The molecule has 0 N–H and O–H groups in total. The highest BCUT2D eigenvalue weighted by atomic mass is 35.5. The van der Waals surface area contributed by atoms with Gasteiger partial charge >= 0.3 is 0 Å². The molecular weight excluding hydrogens is 256 g/mol. The van der Waals surface area contributed by atoms with Gasteiger partial charge in [-0.1, -0.05) is 0 Å². The molecule has 0 heterocycles. The third-order valence-electron chi connectivity index (χ3n) is 1.57. The molecule has 0 aliphatic heterocycles. The highest BCUT2D eigenvalue weighted by Crippen LogP contribution is 2.23. The maximum Gasteiger partial charge on any atom is 0.256 e. The van der Waals surface area contributed by atoms with Crippen molar-refractivity contribution in [1.29, 1.82) is 0 Å². The summed E-state index contributed by atoms with van der Waals surface area (Å²) in [6.07, 6.45) is 0. The van der Waals surface area contributed by atoms with Gasteiger partial charge in [-0.25, -0.2) is 13.2 Å². The zero-order valence-corrected chi connectivity index (χ0v) is 8.30. The van der Waals surface area contributed by atoms with Gasteiger partial charge in [-0.05, 0) is 29.3 Å². The van der Waals surface area contributed by atoms with Crippen LogP contribution in [0, 0.1) is 17.5 Å². The monoisotopic (exact) mass is 256 g/mol. The van der Waals surface area contributed by atoms with Gasteiger partial charge < -0.3 is 0 Å². The first-order valence-corrected chi connectivity index (χ1v) is 4.19. The second kappa shape index (κ2) is 4.20. The molecule has 0 fully saturated rings. The van der Waals surface area contributed by atoms with E-state index < -0.39 is 39.1 Å². The van der Waals surface area contributed by atoms with E-state index in [2.05, 4.69) is 0 Å². The molecule has 0 saturated carbocycles. The fourth-order valence-corrected chi connectivity index (χ4v) is 1.28. The lowest BCUT2D eigenvalue weighted by molar-refractivity contribution is 0.104. The minimum atomic E-state index is -1.89. The van der Waals surface area contributed by atoms with Gasteiger partial charge in [0.25, 0.3) is 10.5 Å². The van der Waals surface area contributed by atoms with Crippen molar-refractivity contribution in [3.63, 3.8) is 0 Å². The number of carbonyl (C=O) groups is 2. The van der Waals surface area contributed by atoms with E-state index >= 15 is 0 Å². The van der Waals surface area contributed by atoms with Crippen molar-refractivity contribution in [2.24, 2.45) is 0 Å². The molecule has 0 spiro atoms. The number of hydrogen-bond donors (Lipinski definition) is 0. The van der Waals surface area contributed by atoms with Crippen LogP contribution in [-0.4, -0.2) is 10.5 Å². The van der Waals surface area contributed by atoms with Crippen molar-refractivity contribution in [3.8, 4) is 0 Å². The van der Waals surface area contributed by atoms with Crippen LogP contribution in [0.5, 0.6) is 0 Å². The van der Waals surface area contributed by atoms with Gasteiger partial charge in [0.1, 0.15) is 0 Å². The molecule has 0 bridgehead atoms. The van der Waals surface area contributed by atoms with Gasteiger partial charge in [0.05, 0.1) is 11.1 Å². The Bertz CT molecular complexity index is 460. The second-order valence-electron chi connectivity index (χ2n) is 2.46. The highest BCUT2D eigenvalue weighted by molar-refractivity contribution is 6.72. The first-order valence-electron chi connectivity index (χ1n) is 3.43. The van der Waals surface area contributed by atoms with Gasteiger partial charge in [-0.2, -0.15) is 0 Å². The van der Waals surface area contributed by atoms with Crippen LogP contribution < -0.4 is 0 Å². The molecule has 1 aromatic carbocycles. The number of hydrogen-bond acceptors (Lipinski definition) is 2. The molecule has 0 saturated heterocycles. The smallest absolute Gasteiger partial charge is 0.256 e. The van der Waals surface area contributed by atoms with Crippen molar-refractivity contribution in [2.45, 2.75) is 0 Å². The Hall–Kier alpha value is -1.07. The molecule has 15 heavy (non-hydrogen) atoms. The van der Waals surface area contributed by atoms with Crippen molar-refractivity contribution in [1.82, 2.24) is 0 Å². The fourth-order valence-electron chi connectivity index (χ4n) is 0.942. The maximum atomic E-state index is 13.0. The number of benzene rings is 1. The molecule has 2 nitrogen and oxygen atoms in total. The molecule has 0 amide bonds. The first-order chi connectivity index (χ1) is 6.86. The number of carbonyl (C=O) groups excluding carboxylic acids is 2. The minimum Gasteiger partial charge on any atom is -0.276 e. The van der Waals surface area contributed by atoms with Crippen LogP contribution in [0.25, 0.3) is 0 Å². The quantitative estimate of drug-likeness (QED) is 0.603. The Morgan fingerprint density at radius 1 is 1.00 bits per heavy atom. The van der Waals surface area contributed by atoms with Crippen molar-refractivity contribution >= 4 is 33.7 Å². The van der Waals surface area contributed by atoms with E-state index in [0.29, 0.717) is 6.07 Å². The summed E-state index contributed by atoms with van der Waals surface area (Å²) in [7, 11) is 0. The summed E-state index contributed by atoms with van der Waals surface area (Å²) < 4.78 is 38.3. The zero-order valence-electron chi connectivity index (χ0n) is 6.78. The lowest BCUT2D eigenvalue weighted by Gasteiger charge is -2.04. The molecule has 0 atom stereocenters. The van der Waals surface area contributed by atoms with Gasteiger partial charge in [0.15, 0.2) is 17.5 Å². The molecular formula is C8HCl2F3O2. The molecule has 0 aliphatic rings. The normalized spacial score (nSPS) is 10.2. The predicted octanol–water partition coefficient (Wildman–Crippen LogP) is 2.86. The Kier molecular flexibility index (Phi) is 3.36. The Morgan fingerprint density at radius 3 is 1.93 bits per heavy atom. The summed E-state index contributed by atoms with van der Waals surface area (Å²) in [4.78, 5) is 21.4. The molecule has 1 aromatic rings. The number of halogens is 5. The average Bonchev–Trinajstić information content (AvgIpc) is 2.12. The van der Waals surface area contributed by atoms with Crippen LogP contribution in [0.4, 0.5) is 13.2 Å². The lowest BCUT2D eigenvalue weighted by Crippen LogP contribution is -2.08. The van der Waals surface area contributed by atoms with E-state index in [4.69, 9.17) is 23.2 Å². The van der Waals surface area contributed by atoms with Crippen LogP contribution in [0.15, 0.2) is 6.07 Å². The summed E-state index contributed by atoms with van der Waals surface area (Å²) in [5, 5.41) is -2.74. The van der Waals surface area contributed by atoms with Crippen LogP contribution in [0.1, 0.15) is 20.7 Å². The Labute approximate surface area is 91.6 Å². The molecule has 0 aromatic heterocycles. The Balaban J connectivity index is 3.65. The SMILES string of the molecule is O=C(Cl)c1cc(F)c(F)c(F)c1C(=O)Cl. The second-order valence-corrected chi connectivity index (χ2v) is 3.14. The molecule has 0 unspecified atom stereocenters. The zero-order chi connectivity index (χ0) is 11.7. The summed E-state index contributed by atoms with van der Waals surface area (Å²) in [6, 6.07) is 0.309. The minimum absolute atomic E-state index is 0.309. The molecule has 7 heteroatoms. The lowest BCUT2D eigenvalue weighted by atomic mass is 10.1. The molecule has 1 rings (SSSR count). The summed E-state index contributed by atoms with van der Waals surface area (Å²) >= 11 is 9.85. The van der Waals surface area contributed by atoms with Crippen LogP contribution in [0.2, 0.25) is 0 Å². The third kappa shape index (κ3) is 2.13. The molecule has 0 aliphatic carbocycles. The summed E-state index contributed by atoms with van der Waals surface area (Å²) in [6.45, 7) is 0. The van der Waals surface area contributed by atoms with E-state index in [0.717, 1.165) is 0 Å². The standard InChI is InChI=1S/C8HCl2F3O2/c9-7(14)2-1-3(11)5(12)6(13)4(2)8(10)15/h1H. The third-order valence-corrected chi connectivity index (χ3v) is 1.96. The summed E-state index contributed by atoms with van der Waals surface area (Å²) in [5.74, 6) is -5.35. The van der Waals surface area contributed by atoms with Gasteiger partial charge in [0, 0.05) is 0 Å². The van der Waals surface area contributed by atoms with E-state index in [1.165, 1.54) is 0 Å². The van der Waals surface area contributed by atoms with E-state index in [1.807, 2.05) is 0 Å².